The normalized spacial score (nSPS) is 11.6. The highest BCUT2D eigenvalue weighted by Gasteiger charge is 2.26. The molecule has 400 valence electrons. The van der Waals surface area contributed by atoms with Crippen LogP contribution in [0, 0.1) is 17.5 Å². The van der Waals surface area contributed by atoms with Crippen LogP contribution in [0.2, 0.25) is 0 Å². The summed E-state index contributed by atoms with van der Waals surface area (Å²) in [5, 5.41) is 47.8. The number of nitrogens with two attached hydrogens (primary N) is 3. The van der Waals surface area contributed by atoms with Crippen molar-refractivity contribution in [2.24, 2.45) is 21.0 Å². The lowest BCUT2D eigenvalue weighted by atomic mass is 10.3. The lowest BCUT2D eigenvalue weighted by molar-refractivity contribution is 0.233. The largest absolute Gasteiger partial charge is 0.474 e. The number of rotatable bonds is 19. The fourth-order valence-corrected chi connectivity index (χ4v) is 7.71. The molecular formula is C37H33Br3F3N15O15S2. The Kier molecular flexibility index (Phi) is 19.7. The summed E-state index contributed by atoms with van der Waals surface area (Å²) in [6.07, 6.45) is 0.219. The number of benzene rings is 3. The average Bonchev–Trinajstić information content (AvgIpc) is 4.23. The Morgan fingerprint density at radius 3 is 1.49 bits per heavy atom. The van der Waals surface area contributed by atoms with Crippen LogP contribution in [0.1, 0.15) is 18.5 Å². The molecule has 0 spiro atoms. The molecule has 0 fully saturated rings. The van der Waals surface area contributed by atoms with Gasteiger partial charge in [-0.3, -0.25) is 19.7 Å². The molecule has 75 heavy (non-hydrogen) atoms. The van der Waals surface area contributed by atoms with E-state index >= 15 is 0 Å². The summed E-state index contributed by atoms with van der Waals surface area (Å²) in [5.74, 6) is -4.16. The topological polar surface area (TPSA) is 431 Å². The molecule has 0 radical (unpaired) electrons. The van der Waals surface area contributed by atoms with E-state index in [1.165, 1.54) is 48.5 Å². The Hall–Kier alpha value is -7.20. The molecular weight excluding hydrogens is 1260 g/mol. The summed E-state index contributed by atoms with van der Waals surface area (Å²) in [6, 6.07) is 11.7. The van der Waals surface area contributed by atoms with Gasteiger partial charge >= 0.3 is 11.5 Å². The standard InChI is InChI=1S/C13H11BrFN5O6S.C12H13BrFN5O5S.C12H9BrFN5O4/c14-8-6-7(2-3-9(8)15)20-11(18-25-13(20)21)10-12(19-26-17-10)24-4-1-5-27(16,22)23;13-8-6-7(2-3-9(8)14)16-11(17-20)10-12(19-24-18-10)23-4-1-5-25(15,21)22;13-7-5-6(1-2-8(7)14)19-10(17-22-12(19)20)9-11(18-23-16-9)21-4-3-15/h2-3,6H,1,4-5H2,(H2,16,22,23);2-3,6,20H,1,4-5H2,(H,16,17)(H2,15,21,22);1-2,5H,3-4,15H2. The SMILES string of the molecule is NCCOc1nonc1-c1noc(=O)n1-c1ccc(F)c(Br)c1.NS(=O)(=O)CCCOc1nonc1-c1noc(=O)n1-c1ccc(F)c(Br)c1.NS(=O)(=O)CCCOc1nonc1C(=Nc1ccc(F)c(Br)c1)NO. The van der Waals surface area contributed by atoms with E-state index in [1.54, 1.807) is 0 Å². The number of nitrogens with zero attached hydrogens (tertiary/aromatic N) is 11. The summed E-state index contributed by atoms with van der Waals surface area (Å²) in [7, 11) is -7.22. The Labute approximate surface area is 441 Å². The van der Waals surface area contributed by atoms with Crippen LogP contribution in [-0.2, 0) is 20.0 Å². The summed E-state index contributed by atoms with van der Waals surface area (Å²) in [6.45, 7) is 0.342. The third-order valence-corrected chi connectivity index (χ3v) is 12.3. The van der Waals surface area contributed by atoms with Crippen molar-refractivity contribution < 1.29 is 72.4 Å². The maximum atomic E-state index is 13.5. The number of hydrogen-bond donors (Lipinski definition) is 5. The van der Waals surface area contributed by atoms with Gasteiger partial charge < -0.3 is 19.9 Å². The molecule has 0 saturated carbocycles. The molecule has 8 rings (SSSR count). The zero-order chi connectivity index (χ0) is 54.5. The van der Waals surface area contributed by atoms with Crippen LogP contribution in [0.5, 0.6) is 17.6 Å². The molecule has 0 unspecified atom stereocenters. The van der Waals surface area contributed by atoms with Crippen molar-refractivity contribution >= 4 is 79.4 Å². The smallest absolute Gasteiger partial charge is 0.446 e. The zero-order valence-electron chi connectivity index (χ0n) is 37.3. The molecule has 0 atom stereocenters. The first-order valence-electron chi connectivity index (χ1n) is 20.3. The van der Waals surface area contributed by atoms with Crippen molar-refractivity contribution in [3.05, 3.63) is 112 Å². The molecule has 8 N–H and O–H groups in total. The van der Waals surface area contributed by atoms with E-state index in [9.17, 15) is 44.8 Å². The molecule has 38 heteroatoms. The van der Waals surface area contributed by atoms with Gasteiger partial charge in [-0.1, -0.05) is 10.3 Å². The van der Waals surface area contributed by atoms with E-state index in [4.69, 9.17) is 30.2 Å². The number of aliphatic imine (C=N–C) groups is 1. The van der Waals surface area contributed by atoms with Gasteiger partial charge in [0.1, 0.15) is 24.1 Å². The van der Waals surface area contributed by atoms with Gasteiger partial charge in [-0.25, -0.2) is 77.9 Å². The lowest BCUT2D eigenvalue weighted by Gasteiger charge is -2.05. The molecule has 0 aliphatic heterocycles. The van der Waals surface area contributed by atoms with E-state index in [1.807, 2.05) is 5.48 Å². The molecule has 5 heterocycles. The second kappa shape index (κ2) is 25.8. The van der Waals surface area contributed by atoms with Gasteiger partial charge in [-0.2, -0.15) is 0 Å². The molecule has 8 aromatic rings. The molecule has 5 aromatic heterocycles. The van der Waals surface area contributed by atoms with Crippen molar-refractivity contribution in [1.29, 1.82) is 0 Å². The number of primary sulfonamides is 2. The quantitative estimate of drug-likeness (QED) is 0.0336. The molecule has 30 nitrogen and oxygen atoms in total. The summed E-state index contributed by atoms with van der Waals surface area (Å²) in [4.78, 5) is 28.0. The number of hydroxylamine groups is 1. The number of nitrogens with one attached hydrogen (secondary N) is 1. The summed E-state index contributed by atoms with van der Waals surface area (Å²) in [5.41, 5.74) is 7.98. The first kappa shape index (κ1) is 57.1. The van der Waals surface area contributed by atoms with E-state index < -0.39 is 49.0 Å². The van der Waals surface area contributed by atoms with Crippen molar-refractivity contribution in [1.82, 2.24) is 55.9 Å². The highest BCUT2D eigenvalue weighted by molar-refractivity contribution is 9.11. The third-order valence-electron chi connectivity index (χ3n) is 8.79. The maximum absolute atomic E-state index is 13.5. The Morgan fingerprint density at radius 2 is 1.05 bits per heavy atom. The van der Waals surface area contributed by atoms with Crippen molar-refractivity contribution in [2.45, 2.75) is 12.8 Å². The van der Waals surface area contributed by atoms with Gasteiger partial charge in [0.25, 0.3) is 17.6 Å². The van der Waals surface area contributed by atoms with Crippen LogP contribution >= 0.6 is 47.8 Å². The van der Waals surface area contributed by atoms with Crippen molar-refractivity contribution in [3.63, 3.8) is 0 Å². The van der Waals surface area contributed by atoms with Gasteiger partial charge in [0, 0.05) is 6.54 Å². The second-order valence-electron chi connectivity index (χ2n) is 14.1. The van der Waals surface area contributed by atoms with Crippen LogP contribution in [0.25, 0.3) is 34.4 Å². The van der Waals surface area contributed by atoms with Crippen LogP contribution in [0.3, 0.4) is 0 Å². The molecule has 0 amide bonds. The number of aromatic nitrogens is 10. The number of halogens is 6. The number of ether oxygens (including phenoxy) is 3. The average molecular weight is 1290 g/mol. The Balaban J connectivity index is 0.000000183. The van der Waals surface area contributed by atoms with Crippen LogP contribution in [-0.4, -0.2) is 116 Å². The molecule has 0 bridgehead atoms. The molecule has 0 aliphatic rings. The lowest BCUT2D eigenvalue weighted by Crippen LogP contribution is -2.22. The minimum atomic E-state index is -3.62. The fraction of sp³-hybridized carbons (Fsp3) is 0.216. The maximum Gasteiger partial charge on any atom is 0.446 e. The first-order valence-corrected chi connectivity index (χ1v) is 26.1. The predicted octanol–water partition coefficient (Wildman–Crippen LogP) is 3.03. The van der Waals surface area contributed by atoms with Crippen molar-refractivity contribution in [2.75, 3.05) is 37.9 Å². The van der Waals surface area contributed by atoms with Crippen LogP contribution in [0.4, 0.5) is 18.9 Å². The monoisotopic (exact) mass is 1280 g/mol. The van der Waals surface area contributed by atoms with Crippen molar-refractivity contribution in [3.8, 4) is 52.1 Å². The second-order valence-corrected chi connectivity index (χ2v) is 20.1. The van der Waals surface area contributed by atoms with Crippen LogP contribution in [0.15, 0.2) is 106 Å². The van der Waals surface area contributed by atoms with Crippen LogP contribution < -0.4 is 47.2 Å². The summed E-state index contributed by atoms with van der Waals surface area (Å²) < 4.78 is 125. The molecule has 3 aromatic carbocycles. The first-order chi connectivity index (χ1) is 35.7. The highest BCUT2D eigenvalue weighted by atomic mass is 79.9. The zero-order valence-corrected chi connectivity index (χ0v) is 43.6. The molecule has 0 saturated heterocycles. The molecule has 0 aliphatic carbocycles. The van der Waals surface area contributed by atoms with E-state index in [0.717, 1.165) is 15.2 Å². The van der Waals surface area contributed by atoms with Gasteiger partial charge in [0.05, 0.1) is 55.2 Å². The minimum Gasteiger partial charge on any atom is -0.474 e. The van der Waals surface area contributed by atoms with E-state index in [2.05, 4.69) is 117 Å². The van der Waals surface area contributed by atoms with E-state index in [0.29, 0.717) is 11.4 Å². The van der Waals surface area contributed by atoms with Gasteiger partial charge in [-0.15, -0.1) is 0 Å². The van der Waals surface area contributed by atoms with Gasteiger partial charge in [0.15, 0.2) is 5.84 Å². The Morgan fingerprint density at radius 1 is 0.627 bits per heavy atom. The number of sulfonamides is 2. The predicted molar refractivity (Wildman–Crippen MR) is 256 cm³/mol. The van der Waals surface area contributed by atoms with Gasteiger partial charge in [0.2, 0.25) is 48.8 Å². The van der Waals surface area contributed by atoms with Gasteiger partial charge in [-0.05, 0) is 146 Å². The fourth-order valence-electron chi connectivity index (χ4n) is 5.57. The Bertz CT molecular complexity index is 3630. The highest BCUT2D eigenvalue weighted by Crippen LogP contribution is 2.30. The number of hydrogen-bond acceptors (Lipinski definition) is 25. The third kappa shape index (κ3) is 15.7. The number of amidine groups is 1. The summed E-state index contributed by atoms with van der Waals surface area (Å²) >= 11 is 9.10. The minimum absolute atomic E-state index is 0.00165. The van der Waals surface area contributed by atoms with E-state index in [-0.39, 0.29) is 122 Å².